The molecule has 0 aromatic carbocycles. The minimum absolute atomic E-state index is 0.205. The molecule has 1 aliphatic carbocycles. The normalized spacial score (nSPS) is 28.9. The first-order valence-corrected chi connectivity index (χ1v) is 6.94. The van der Waals surface area contributed by atoms with Gasteiger partial charge < -0.3 is 9.64 Å². The molecule has 0 bridgehead atoms. The number of piperidine rings is 1. The maximum absolute atomic E-state index is 12.0. The fraction of sp³-hybridized carbons (Fsp3) is 0.733. The maximum Gasteiger partial charge on any atom is 0.410 e. The second-order valence-electron chi connectivity index (χ2n) is 6.58. The van der Waals surface area contributed by atoms with Crippen LogP contribution in [0.4, 0.5) is 4.79 Å². The first kappa shape index (κ1) is 13.9. The summed E-state index contributed by atoms with van der Waals surface area (Å²) >= 11 is 0. The van der Waals surface area contributed by atoms with Crippen molar-refractivity contribution in [3.8, 4) is 6.07 Å². The average Bonchev–Trinajstić information content (AvgIpc) is 2.68. The highest BCUT2D eigenvalue weighted by molar-refractivity contribution is 5.68. The van der Waals surface area contributed by atoms with Crippen LogP contribution in [0.25, 0.3) is 0 Å². The monoisotopic (exact) mass is 262 g/mol. The van der Waals surface area contributed by atoms with E-state index in [1.54, 1.807) is 6.08 Å². The Balaban J connectivity index is 1.94. The van der Waals surface area contributed by atoms with Crippen LogP contribution in [0.15, 0.2) is 11.6 Å². The third-order valence-electron chi connectivity index (χ3n) is 3.86. The zero-order chi connectivity index (χ0) is 14.0. The maximum atomic E-state index is 12.0. The van der Waals surface area contributed by atoms with Crippen LogP contribution >= 0.6 is 0 Å². The van der Waals surface area contributed by atoms with Crippen LogP contribution in [0.3, 0.4) is 0 Å². The van der Waals surface area contributed by atoms with Crippen LogP contribution in [-0.2, 0) is 4.74 Å². The summed E-state index contributed by atoms with van der Waals surface area (Å²) in [6.07, 6.45) is 4.48. The second-order valence-corrected chi connectivity index (χ2v) is 6.58. The molecule has 0 spiro atoms. The van der Waals surface area contributed by atoms with Gasteiger partial charge in [0.05, 0.1) is 6.07 Å². The van der Waals surface area contributed by atoms with Crippen molar-refractivity contribution in [2.24, 2.45) is 11.8 Å². The summed E-state index contributed by atoms with van der Waals surface area (Å²) in [5.41, 5.74) is 0.804. The van der Waals surface area contributed by atoms with Gasteiger partial charge in [-0.3, -0.25) is 0 Å². The number of amides is 1. The molecular formula is C15H22N2O2. The van der Waals surface area contributed by atoms with Crippen molar-refractivity contribution in [1.82, 2.24) is 4.90 Å². The lowest BCUT2D eigenvalue weighted by atomic mass is 9.89. The van der Waals surface area contributed by atoms with Gasteiger partial charge in [-0.15, -0.1) is 0 Å². The van der Waals surface area contributed by atoms with Crippen LogP contribution in [0.5, 0.6) is 0 Å². The summed E-state index contributed by atoms with van der Waals surface area (Å²) in [6.45, 7) is 7.21. The fourth-order valence-electron chi connectivity index (χ4n) is 3.04. The quantitative estimate of drug-likeness (QED) is 0.630. The predicted octanol–water partition coefficient (Wildman–Crippen LogP) is 3.10. The lowest BCUT2D eigenvalue weighted by Crippen LogP contribution is -2.44. The van der Waals surface area contributed by atoms with Crippen molar-refractivity contribution >= 4 is 6.09 Å². The van der Waals surface area contributed by atoms with Gasteiger partial charge in [0.25, 0.3) is 0 Å². The third kappa shape index (κ3) is 3.50. The van der Waals surface area contributed by atoms with Gasteiger partial charge in [-0.05, 0) is 51.9 Å². The number of carbonyl (C=O) groups excluding carboxylic acids is 1. The van der Waals surface area contributed by atoms with E-state index in [0.29, 0.717) is 11.8 Å². The summed E-state index contributed by atoms with van der Waals surface area (Å²) in [4.78, 5) is 13.9. The Hall–Kier alpha value is -1.50. The summed E-state index contributed by atoms with van der Waals surface area (Å²) in [5.74, 6) is 1.14. The lowest BCUT2D eigenvalue weighted by molar-refractivity contribution is 0.0127. The molecule has 1 saturated carbocycles. The SMILES string of the molecule is CC(C)(C)OC(=O)N1CC[C@H]2C/C(=C\C#N)CC2C1. The smallest absolute Gasteiger partial charge is 0.410 e. The molecule has 104 valence electrons. The molecule has 1 amide bonds. The number of nitrogens with zero attached hydrogens (tertiary/aromatic N) is 2. The summed E-state index contributed by atoms with van der Waals surface area (Å²) in [6, 6.07) is 2.12. The number of rotatable bonds is 0. The highest BCUT2D eigenvalue weighted by atomic mass is 16.6. The first-order valence-electron chi connectivity index (χ1n) is 6.94. The van der Waals surface area contributed by atoms with E-state index >= 15 is 0 Å². The Morgan fingerprint density at radius 2 is 2.11 bits per heavy atom. The van der Waals surface area contributed by atoms with Crippen molar-refractivity contribution in [2.75, 3.05) is 13.1 Å². The van der Waals surface area contributed by atoms with Crippen LogP contribution in [0, 0.1) is 23.2 Å². The van der Waals surface area contributed by atoms with Gasteiger partial charge in [0.2, 0.25) is 0 Å². The topological polar surface area (TPSA) is 53.3 Å². The molecule has 4 nitrogen and oxygen atoms in total. The van der Waals surface area contributed by atoms with Crippen LogP contribution < -0.4 is 0 Å². The molecule has 0 aromatic rings. The van der Waals surface area contributed by atoms with Gasteiger partial charge in [0.15, 0.2) is 0 Å². The van der Waals surface area contributed by atoms with Crippen molar-refractivity contribution < 1.29 is 9.53 Å². The summed E-state index contributed by atoms with van der Waals surface area (Å²) in [5, 5.41) is 8.72. The Morgan fingerprint density at radius 1 is 1.42 bits per heavy atom. The Morgan fingerprint density at radius 3 is 2.74 bits per heavy atom. The molecule has 19 heavy (non-hydrogen) atoms. The van der Waals surface area contributed by atoms with Crippen molar-refractivity contribution in [3.63, 3.8) is 0 Å². The first-order chi connectivity index (χ1) is 8.89. The van der Waals surface area contributed by atoms with E-state index in [0.717, 1.165) is 32.4 Å². The molecule has 2 atom stereocenters. The van der Waals surface area contributed by atoms with E-state index < -0.39 is 5.60 Å². The fourth-order valence-corrected chi connectivity index (χ4v) is 3.04. The molecule has 0 radical (unpaired) electrons. The number of ether oxygens (including phenoxy) is 1. The van der Waals surface area contributed by atoms with Gasteiger partial charge in [-0.25, -0.2) is 4.79 Å². The summed E-state index contributed by atoms with van der Waals surface area (Å²) < 4.78 is 5.42. The molecule has 0 N–H and O–H groups in total. The standard InChI is InChI=1S/C15H22N2O2/c1-15(2,3)19-14(18)17-7-5-12-8-11(4-6-16)9-13(12)10-17/h4,12-13H,5,7-10H2,1-3H3/b11-4+/t12-,13?/m0/s1. The minimum atomic E-state index is -0.435. The van der Waals surface area contributed by atoms with Crippen molar-refractivity contribution in [3.05, 3.63) is 11.6 Å². The molecule has 4 heteroatoms. The molecule has 1 aliphatic heterocycles. The number of hydrogen-bond acceptors (Lipinski definition) is 3. The van der Waals surface area contributed by atoms with Crippen LogP contribution in [-0.4, -0.2) is 29.7 Å². The van der Waals surface area contributed by atoms with Crippen molar-refractivity contribution in [1.29, 1.82) is 5.26 Å². The molecule has 1 heterocycles. The average molecular weight is 262 g/mol. The number of nitriles is 1. The molecular weight excluding hydrogens is 240 g/mol. The molecule has 0 aromatic heterocycles. The summed E-state index contributed by atoms with van der Waals surface area (Å²) in [7, 11) is 0. The lowest BCUT2D eigenvalue weighted by Gasteiger charge is -2.35. The van der Waals surface area contributed by atoms with Gasteiger partial charge in [0.1, 0.15) is 5.60 Å². The van der Waals surface area contributed by atoms with E-state index in [1.165, 1.54) is 5.57 Å². The Labute approximate surface area is 115 Å². The largest absolute Gasteiger partial charge is 0.444 e. The number of likely N-dealkylation sites (tertiary alicyclic amines) is 1. The zero-order valence-corrected chi connectivity index (χ0v) is 12.0. The highest BCUT2D eigenvalue weighted by Gasteiger charge is 2.37. The van der Waals surface area contributed by atoms with Gasteiger partial charge in [-0.2, -0.15) is 5.26 Å². The number of carbonyl (C=O) groups is 1. The van der Waals surface area contributed by atoms with Gasteiger partial charge >= 0.3 is 6.09 Å². The van der Waals surface area contributed by atoms with E-state index in [4.69, 9.17) is 10.00 Å². The van der Waals surface area contributed by atoms with E-state index in [9.17, 15) is 4.79 Å². The van der Waals surface area contributed by atoms with Gasteiger partial charge in [0, 0.05) is 19.2 Å². The predicted molar refractivity (Wildman–Crippen MR) is 72.3 cm³/mol. The van der Waals surface area contributed by atoms with Crippen LogP contribution in [0.1, 0.15) is 40.0 Å². The number of allylic oxidation sites excluding steroid dienone is 2. The molecule has 1 saturated heterocycles. The molecule has 2 aliphatic rings. The van der Waals surface area contributed by atoms with Crippen molar-refractivity contribution in [2.45, 2.75) is 45.6 Å². The Kier molecular flexibility index (Phi) is 3.84. The third-order valence-corrected chi connectivity index (χ3v) is 3.86. The molecule has 2 fully saturated rings. The van der Waals surface area contributed by atoms with Gasteiger partial charge in [-0.1, -0.05) is 5.57 Å². The molecule has 1 unspecified atom stereocenters. The van der Waals surface area contributed by atoms with E-state index in [1.807, 2.05) is 25.7 Å². The second kappa shape index (κ2) is 5.24. The highest BCUT2D eigenvalue weighted by Crippen LogP contribution is 2.41. The van der Waals surface area contributed by atoms with E-state index in [2.05, 4.69) is 6.07 Å². The zero-order valence-electron chi connectivity index (χ0n) is 12.0. The minimum Gasteiger partial charge on any atom is -0.444 e. The van der Waals surface area contributed by atoms with Crippen LogP contribution in [0.2, 0.25) is 0 Å². The molecule has 2 rings (SSSR count). The number of hydrogen-bond donors (Lipinski definition) is 0. The van der Waals surface area contributed by atoms with E-state index in [-0.39, 0.29) is 6.09 Å². The number of fused-ring (bicyclic) bond motifs is 1. The Bertz CT molecular complexity index is 428.